The second-order valence-corrected chi connectivity index (χ2v) is 6.64. The molecule has 1 aromatic heterocycles. The molecule has 10 heteroatoms. The lowest BCUT2D eigenvalue weighted by atomic mass is 10.1. The van der Waals surface area contributed by atoms with E-state index >= 15 is 0 Å². The second-order valence-electron chi connectivity index (χ2n) is 5.59. The molecule has 0 spiro atoms. The number of nitrogens with one attached hydrogen (secondary N) is 1. The average molecular weight is 398 g/mol. The van der Waals surface area contributed by atoms with E-state index in [1.165, 1.54) is 18.2 Å². The van der Waals surface area contributed by atoms with Crippen LogP contribution in [0, 0.1) is 15.9 Å². The van der Waals surface area contributed by atoms with Gasteiger partial charge in [-0.05, 0) is 23.8 Å². The molecule has 0 saturated carbocycles. The van der Waals surface area contributed by atoms with Crippen LogP contribution < -0.4 is 10.7 Å². The van der Waals surface area contributed by atoms with Crippen LogP contribution in [0.5, 0.6) is 0 Å². The molecule has 3 aromatic rings. The van der Waals surface area contributed by atoms with Crippen LogP contribution in [0.1, 0.15) is 11.1 Å². The van der Waals surface area contributed by atoms with Crippen LogP contribution in [0.4, 0.5) is 28.3 Å². The fraction of sp³-hybridized carbons (Fsp3) is 0.118. The van der Waals surface area contributed by atoms with Gasteiger partial charge in [-0.2, -0.15) is 13.2 Å². The molecule has 0 atom stereocenters. The molecule has 1 heterocycles. The van der Waals surface area contributed by atoms with Crippen molar-refractivity contribution in [1.82, 2.24) is 0 Å². The molecule has 0 bridgehead atoms. The number of halogens is 4. The van der Waals surface area contributed by atoms with E-state index in [4.69, 9.17) is 0 Å². The van der Waals surface area contributed by atoms with E-state index in [-0.39, 0.29) is 21.6 Å². The van der Waals surface area contributed by atoms with Gasteiger partial charge in [0.15, 0.2) is 5.43 Å². The fourth-order valence-electron chi connectivity index (χ4n) is 2.46. The Morgan fingerprint density at radius 1 is 1.15 bits per heavy atom. The van der Waals surface area contributed by atoms with Crippen molar-refractivity contribution in [2.24, 2.45) is 0 Å². The van der Waals surface area contributed by atoms with Gasteiger partial charge < -0.3 is 5.32 Å². The molecule has 140 valence electrons. The van der Waals surface area contributed by atoms with E-state index in [2.05, 4.69) is 5.32 Å². The first-order valence-electron chi connectivity index (χ1n) is 7.47. The molecule has 0 aliphatic rings. The number of nitro groups is 1. The maximum absolute atomic E-state index is 13.2. The number of nitrogens with zero attached hydrogens (tertiary/aromatic N) is 1. The smallest absolute Gasteiger partial charge is 0.373 e. The minimum Gasteiger partial charge on any atom is -0.373 e. The van der Waals surface area contributed by atoms with Gasteiger partial charge in [-0.1, -0.05) is 12.1 Å². The number of nitro benzene ring substituents is 1. The Morgan fingerprint density at radius 2 is 1.89 bits per heavy atom. The summed E-state index contributed by atoms with van der Waals surface area (Å²) < 4.78 is 51.9. The lowest BCUT2D eigenvalue weighted by Gasteiger charge is -2.10. The number of rotatable bonds is 4. The summed E-state index contributed by atoms with van der Waals surface area (Å²) in [7, 11) is 0. The van der Waals surface area contributed by atoms with Crippen LogP contribution in [0.2, 0.25) is 0 Å². The minimum atomic E-state index is -4.82. The minimum absolute atomic E-state index is 0.133. The van der Waals surface area contributed by atoms with Gasteiger partial charge in [-0.15, -0.1) is 11.3 Å². The molecule has 0 fully saturated rings. The van der Waals surface area contributed by atoms with Gasteiger partial charge in [0.05, 0.1) is 15.5 Å². The van der Waals surface area contributed by atoms with Crippen molar-refractivity contribution in [2.45, 2.75) is 12.7 Å². The Labute approximate surface area is 153 Å². The standard InChI is InChI=1S/C17H10F4N2O3S/c18-11-3-1-2-9(4-11)8-22-15-7-14(24)12-5-10(17(19,20)21)6-13(23(25)26)16(12)27-15/h1-7,22H,8H2. The van der Waals surface area contributed by atoms with Crippen LogP contribution >= 0.6 is 11.3 Å². The van der Waals surface area contributed by atoms with Gasteiger partial charge in [0.2, 0.25) is 0 Å². The summed E-state index contributed by atoms with van der Waals surface area (Å²) in [5, 5.41) is 13.9. The lowest BCUT2D eigenvalue weighted by Crippen LogP contribution is -2.09. The van der Waals surface area contributed by atoms with E-state index in [1.54, 1.807) is 6.07 Å². The van der Waals surface area contributed by atoms with Gasteiger partial charge in [0, 0.05) is 24.1 Å². The summed E-state index contributed by atoms with van der Waals surface area (Å²) in [6.07, 6.45) is -4.82. The normalized spacial score (nSPS) is 11.6. The lowest BCUT2D eigenvalue weighted by molar-refractivity contribution is -0.383. The number of benzene rings is 2. The molecule has 1 N–H and O–H groups in total. The van der Waals surface area contributed by atoms with E-state index in [0.717, 1.165) is 17.4 Å². The monoisotopic (exact) mass is 398 g/mol. The molecule has 5 nitrogen and oxygen atoms in total. The summed E-state index contributed by atoms with van der Waals surface area (Å²) in [6, 6.07) is 7.76. The molecule has 0 saturated heterocycles. The maximum Gasteiger partial charge on any atom is 0.416 e. The maximum atomic E-state index is 13.2. The highest BCUT2D eigenvalue weighted by molar-refractivity contribution is 7.22. The van der Waals surface area contributed by atoms with Crippen molar-refractivity contribution in [2.75, 3.05) is 5.32 Å². The predicted octanol–water partition coefficient (Wildman–Crippen LogP) is 4.94. The van der Waals surface area contributed by atoms with Gasteiger partial charge in [0.25, 0.3) is 5.69 Å². The highest BCUT2D eigenvalue weighted by Crippen LogP contribution is 2.38. The average Bonchev–Trinajstić information content (AvgIpc) is 2.58. The molecule has 0 aliphatic heterocycles. The Morgan fingerprint density at radius 3 is 2.52 bits per heavy atom. The number of hydrogen-bond donors (Lipinski definition) is 1. The number of fused-ring (bicyclic) bond motifs is 1. The number of hydrogen-bond acceptors (Lipinski definition) is 5. The highest BCUT2D eigenvalue weighted by Gasteiger charge is 2.34. The van der Waals surface area contributed by atoms with E-state index < -0.39 is 33.6 Å². The third kappa shape index (κ3) is 4.05. The first kappa shape index (κ1) is 18.8. The molecule has 0 unspecified atom stereocenters. The predicted molar refractivity (Wildman–Crippen MR) is 93.5 cm³/mol. The summed E-state index contributed by atoms with van der Waals surface area (Å²) in [4.78, 5) is 22.5. The van der Waals surface area contributed by atoms with Crippen LogP contribution in [-0.2, 0) is 12.7 Å². The molecule has 0 amide bonds. The quantitative estimate of drug-likeness (QED) is 0.384. The van der Waals surface area contributed by atoms with Crippen LogP contribution in [0.15, 0.2) is 47.3 Å². The topological polar surface area (TPSA) is 72.2 Å². The summed E-state index contributed by atoms with van der Waals surface area (Å²) in [5.41, 5.74) is -2.26. The number of non-ortho nitro benzene ring substituents is 1. The third-order valence-electron chi connectivity index (χ3n) is 3.69. The Hall–Kier alpha value is -3.01. The first-order valence-corrected chi connectivity index (χ1v) is 8.28. The molecule has 2 aromatic carbocycles. The first-order chi connectivity index (χ1) is 12.6. The van der Waals surface area contributed by atoms with E-state index in [1.807, 2.05) is 0 Å². The summed E-state index contributed by atoms with van der Waals surface area (Å²) in [5.74, 6) is -0.448. The second kappa shape index (κ2) is 6.95. The summed E-state index contributed by atoms with van der Waals surface area (Å²) in [6.45, 7) is 0.133. The van der Waals surface area contributed by atoms with Gasteiger partial charge in [0.1, 0.15) is 10.5 Å². The van der Waals surface area contributed by atoms with Crippen molar-refractivity contribution in [1.29, 1.82) is 0 Å². The molecular weight excluding hydrogens is 388 g/mol. The van der Waals surface area contributed by atoms with Gasteiger partial charge in [-0.25, -0.2) is 4.39 Å². The Kier molecular flexibility index (Phi) is 4.83. The molecule has 27 heavy (non-hydrogen) atoms. The summed E-state index contributed by atoms with van der Waals surface area (Å²) >= 11 is 0.785. The zero-order valence-corrected chi connectivity index (χ0v) is 14.2. The Balaban J connectivity index is 2.06. The van der Waals surface area contributed by atoms with Crippen molar-refractivity contribution in [3.05, 3.63) is 79.7 Å². The number of alkyl halides is 3. The zero-order valence-electron chi connectivity index (χ0n) is 13.3. The van der Waals surface area contributed by atoms with Crippen LogP contribution in [-0.4, -0.2) is 4.92 Å². The van der Waals surface area contributed by atoms with Gasteiger partial charge >= 0.3 is 6.18 Å². The SMILES string of the molecule is O=c1cc(NCc2cccc(F)c2)sc2c([N+](=O)[O-])cc(C(F)(F)F)cc12. The third-order valence-corrected chi connectivity index (χ3v) is 4.80. The zero-order chi connectivity index (χ0) is 19.8. The highest BCUT2D eigenvalue weighted by atomic mass is 32.1. The fourth-order valence-corrected chi connectivity index (χ4v) is 3.50. The van der Waals surface area contributed by atoms with Crippen molar-refractivity contribution >= 4 is 32.1 Å². The molecular formula is C17H10F4N2O3S. The van der Waals surface area contributed by atoms with Crippen LogP contribution in [0.3, 0.4) is 0 Å². The van der Waals surface area contributed by atoms with E-state index in [9.17, 15) is 32.5 Å². The van der Waals surface area contributed by atoms with E-state index in [0.29, 0.717) is 17.7 Å². The Bertz CT molecular complexity index is 1100. The largest absolute Gasteiger partial charge is 0.416 e. The van der Waals surface area contributed by atoms with Crippen molar-refractivity contribution in [3.63, 3.8) is 0 Å². The molecule has 0 aliphatic carbocycles. The molecule has 0 radical (unpaired) electrons. The van der Waals surface area contributed by atoms with Crippen LogP contribution in [0.25, 0.3) is 10.1 Å². The van der Waals surface area contributed by atoms with Gasteiger partial charge in [-0.3, -0.25) is 14.9 Å². The van der Waals surface area contributed by atoms with Crippen molar-refractivity contribution in [3.8, 4) is 0 Å². The molecule has 3 rings (SSSR count). The van der Waals surface area contributed by atoms with Crippen molar-refractivity contribution < 1.29 is 22.5 Å². The number of anilines is 1.